The molecule has 1 unspecified atom stereocenters. The van der Waals surface area contributed by atoms with Gasteiger partial charge < -0.3 is 21.1 Å². The van der Waals surface area contributed by atoms with Crippen molar-refractivity contribution in [1.82, 2.24) is 20.3 Å². The smallest absolute Gasteiger partial charge is 0.224 e. The zero-order valence-corrected chi connectivity index (χ0v) is 18.1. The maximum atomic E-state index is 13.7. The number of aliphatic hydroxyl groups excluding tert-OH is 1. The summed E-state index contributed by atoms with van der Waals surface area (Å²) in [6.45, 7) is 2.83. The minimum atomic E-state index is -0.932. The summed E-state index contributed by atoms with van der Waals surface area (Å²) in [5, 5.41) is 19.8. The number of hydrogen-bond acceptors (Lipinski definition) is 7. The Labute approximate surface area is 183 Å². The van der Waals surface area contributed by atoms with Crippen LogP contribution < -0.4 is 16.0 Å². The molecule has 0 saturated heterocycles. The van der Waals surface area contributed by atoms with E-state index in [4.69, 9.17) is 0 Å². The van der Waals surface area contributed by atoms with Gasteiger partial charge in [0.05, 0.1) is 17.4 Å². The van der Waals surface area contributed by atoms with Crippen LogP contribution in [-0.4, -0.2) is 51.0 Å². The largest absolute Gasteiger partial charge is 0.393 e. The maximum absolute atomic E-state index is 13.7. The number of aromatic nitrogens is 3. The Balaban J connectivity index is 1.51. The summed E-state index contributed by atoms with van der Waals surface area (Å²) in [5.41, 5.74) is 2.78. The van der Waals surface area contributed by atoms with Gasteiger partial charge in [-0.05, 0) is 56.6 Å². The monoisotopic (exact) mass is 428 g/mol. The molecule has 2 heterocycles. The van der Waals surface area contributed by atoms with Gasteiger partial charge in [0.25, 0.3) is 0 Å². The van der Waals surface area contributed by atoms with E-state index in [9.17, 15) is 9.50 Å². The molecule has 1 atom stereocenters. The number of nitrogens with one attached hydrogen (secondary N) is 3. The van der Waals surface area contributed by atoms with Crippen LogP contribution in [0.2, 0.25) is 0 Å². The van der Waals surface area contributed by atoms with E-state index in [0.717, 1.165) is 49.0 Å². The first-order valence-corrected chi connectivity index (χ1v) is 11.5. The molecule has 0 aromatic carbocycles. The van der Waals surface area contributed by atoms with E-state index >= 15 is 0 Å². The molecule has 4 N–H and O–H groups in total. The molecule has 8 heteroatoms. The molecule has 0 radical (unpaired) electrons. The van der Waals surface area contributed by atoms with Crippen LogP contribution in [0.1, 0.15) is 57.4 Å². The summed E-state index contributed by atoms with van der Waals surface area (Å²) in [6.07, 6.45) is 8.80. The van der Waals surface area contributed by atoms with Crippen molar-refractivity contribution in [2.24, 2.45) is 0 Å². The number of anilines is 2. The van der Waals surface area contributed by atoms with Gasteiger partial charge in [-0.1, -0.05) is 13.0 Å². The average molecular weight is 429 g/mol. The topological polar surface area (TPSA) is 95.0 Å². The molecule has 7 nitrogen and oxygen atoms in total. The van der Waals surface area contributed by atoms with Gasteiger partial charge in [0.1, 0.15) is 12.0 Å². The quantitative estimate of drug-likeness (QED) is 0.459. The fourth-order valence-corrected chi connectivity index (χ4v) is 3.76. The van der Waals surface area contributed by atoms with E-state index in [-0.39, 0.29) is 18.7 Å². The summed E-state index contributed by atoms with van der Waals surface area (Å²) in [5.74, 6) is 1.10. The zero-order valence-electron chi connectivity index (χ0n) is 18.1. The van der Waals surface area contributed by atoms with Crippen molar-refractivity contribution in [3.05, 3.63) is 30.1 Å². The Kier molecular flexibility index (Phi) is 7.29. The molecule has 2 fully saturated rings. The zero-order chi connectivity index (χ0) is 21.6. The van der Waals surface area contributed by atoms with Crippen molar-refractivity contribution in [3.63, 3.8) is 0 Å². The van der Waals surface area contributed by atoms with Gasteiger partial charge >= 0.3 is 0 Å². The number of pyridine rings is 1. The molecule has 0 amide bonds. The van der Waals surface area contributed by atoms with Gasteiger partial charge in [-0.25, -0.2) is 9.37 Å². The van der Waals surface area contributed by atoms with Crippen LogP contribution >= 0.6 is 0 Å². The lowest BCUT2D eigenvalue weighted by atomic mass is 9.93. The van der Waals surface area contributed by atoms with Crippen molar-refractivity contribution in [1.29, 1.82) is 0 Å². The van der Waals surface area contributed by atoms with Crippen LogP contribution in [0.5, 0.6) is 0 Å². The number of nitrogens with zero attached hydrogens (tertiary/aromatic N) is 3. The second-order valence-corrected chi connectivity index (χ2v) is 8.70. The van der Waals surface area contributed by atoms with E-state index in [0.29, 0.717) is 24.2 Å². The van der Waals surface area contributed by atoms with Crippen LogP contribution in [0.25, 0.3) is 11.3 Å². The fraction of sp³-hybridized carbons (Fsp3) is 0.609. The van der Waals surface area contributed by atoms with Crippen molar-refractivity contribution in [2.45, 2.75) is 82.8 Å². The van der Waals surface area contributed by atoms with Crippen molar-refractivity contribution < 1.29 is 9.50 Å². The molecule has 2 aliphatic carbocycles. The normalized spacial score (nSPS) is 22.2. The van der Waals surface area contributed by atoms with E-state index < -0.39 is 6.17 Å². The number of aliphatic hydroxyl groups is 1. The summed E-state index contributed by atoms with van der Waals surface area (Å²) in [7, 11) is 0. The van der Waals surface area contributed by atoms with Crippen molar-refractivity contribution >= 4 is 11.8 Å². The molecule has 2 aromatic rings. The second-order valence-electron chi connectivity index (χ2n) is 8.70. The lowest BCUT2D eigenvalue weighted by Crippen LogP contribution is -2.29. The van der Waals surface area contributed by atoms with E-state index in [1.54, 1.807) is 6.20 Å². The minimum absolute atomic E-state index is 0.186. The lowest BCUT2D eigenvalue weighted by molar-refractivity contribution is 0.126. The average Bonchev–Trinajstić information content (AvgIpc) is 3.63. The minimum Gasteiger partial charge on any atom is -0.393 e. The van der Waals surface area contributed by atoms with Gasteiger partial charge in [-0.3, -0.25) is 4.98 Å². The highest BCUT2D eigenvalue weighted by atomic mass is 19.1. The number of hydrogen-bond donors (Lipinski definition) is 4. The third-order valence-electron chi connectivity index (χ3n) is 6.02. The molecular weight excluding hydrogens is 395 g/mol. The highest BCUT2D eigenvalue weighted by Gasteiger charge is 2.22. The van der Waals surface area contributed by atoms with Crippen molar-refractivity contribution in [2.75, 3.05) is 17.2 Å². The summed E-state index contributed by atoms with van der Waals surface area (Å²) in [4.78, 5) is 13.7. The fourth-order valence-electron chi connectivity index (χ4n) is 3.76. The molecule has 168 valence electrons. The number of rotatable bonds is 10. The summed E-state index contributed by atoms with van der Waals surface area (Å²) in [6, 6.07) is 4.98. The molecular formula is C23H33FN6O. The third-order valence-corrected chi connectivity index (χ3v) is 6.02. The standard InChI is InChI=1S/C23H33FN6O/c1-2-16(24)13-27-23-28-14-20(22(30-23)29-18-6-8-19(31)9-7-18)21-10-3-15(12-26-21)11-25-17-4-5-17/h3,10,12,14,16-19,25,31H,2,4-9,11,13H2,1H3,(H2,27,28,29,30). The summed E-state index contributed by atoms with van der Waals surface area (Å²) >= 11 is 0. The predicted octanol–water partition coefficient (Wildman–Crippen LogP) is 3.67. The predicted molar refractivity (Wildman–Crippen MR) is 121 cm³/mol. The van der Waals surface area contributed by atoms with Crippen LogP contribution in [0.4, 0.5) is 16.2 Å². The molecule has 2 aromatic heterocycles. The van der Waals surface area contributed by atoms with Crippen LogP contribution in [0.3, 0.4) is 0 Å². The van der Waals surface area contributed by atoms with Crippen molar-refractivity contribution in [3.8, 4) is 11.3 Å². The van der Waals surface area contributed by atoms with Gasteiger partial charge in [-0.2, -0.15) is 4.98 Å². The molecule has 0 aliphatic heterocycles. The Bertz CT molecular complexity index is 836. The Morgan fingerprint density at radius 3 is 2.52 bits per heavy atom. The lowest BCUT2D eigenvalue weighted by Gasteiger charge is -2.27. The van der Waals surface area contributed by atoms with E-state index in [1.165, 1.54) is 12.8 Å². The Morgan fingerprint density at radius 2 is 1.84 bits per heavy atom. The number of alkyl halides is 1. The molecule has 2 aliphatic rings. The SMILES string of the molecule is CCC(F)CNc1ncc(-c2ccc(CNC3CC3)cn2)c(NC2CCC(O)CC2)n1. The first-order valence-electron chi connectivity index (χ1n) is 11.5. The molecule has 2 saturated carbocycles. The van der Waals surface area contributed by atoms with E-state index in [1.807, 2.05) is 19.2 Å². The third kappa shape index (κ3) is 6.33. The van der Waals surface area contributed by atoms with Gasteiger partial charge in [0.15, 0.2) is 0 Å². The highest BCUT2D eigenvalue weighted by molar-refractivity contribution is 5.73. The van der Waals surface area contributed by atoms with Crippen LogP contribution in [0.15, 0.2) is 24.5 Å². The summed E-state index contributed by atoms with van der Waals surface area (Å²) < 4.78 is 13.7. The van der Waals surface area contributed by atoms with Crippen LogP contribution in [0, 0.1) is 0 Å². The second kappa shape index (κ2) is 10.3. The maximum Gasteiger partial charge on any atom is 0.224 e. The first-order chi connectivity index (χ1) is 15.1. The Hall–Kier alpha value is -2.32. The highest BCUT2D eigenvalue weighted by Crippen LogP contribution is 2.29. The van der Waals surface area contributed by atoms with E-state index in [2.05, 4.69) is 37.0 Å². The van der Waals surface area contributed by atoms with Gasteiger partial charge in [0, 0.05) is 37.6 Å². The van der Waals surface area contributed by atoms with Gasteiger partial charge in [-0.15, -0.1) is 0 Å². The molecule has 0 bridgehead atoms. The Morgan fingerprint density at radius 1 is 1.06 bits per heavy atom. The van der Waals surface area contributed by atoms with Gasteiger partial charge in [0.2, 0.25) is 5.95 Å². The van der Waals surface area contributed by atoms with Crippen LogP contribution in [-0.2, 0) is 6.54 Å². The first kappa shape index (κ1) is 21.9. The molecule has 4 rings (SSSR count). The number of halogens is 1. The molecule has 31 heavy (non-hydrogen) atoms. The molecule has 0 spiro atoms.